The van der Waals surface area contributed by atoms with Crippen LogP contribution in [0.3, 0.4) is 0 Å². The Morgan fingerprint density at radius 1 is 1.03 bits per heavy atom. The molecule has 0 radical (unpaired) electrons. The van der Waals surface area contributed by atoms with Crippen molar-refractivity contribution in [2.45, 2.75) is 20.3 Å². The monoisotopic (exact) mass is 434 g/mol. The molecular weight excluding hydrogens is 412 g/mol. The SMILES string of the molecule is CCc1cc(-c2ccc[nH]c2=O)c2nc(C)c(-c3ccc(NS(C)(=O)=O)cc3)nc2c1. The second-order valence-electron chi connectivity index (χ2n) is 7.39. The summed E-state index contributed by atoms with van der Waals surface area (Å²) in [6.07, 6.45) is 3.51. The van der Waals surface area contributed by atoms with Gasteiger partial charge in [-0.05, 0) is 55.3 Å². The lowest BCUT2D eigenvalue weighted by Gasteiger charge is -2.12. The van der Waals surface area contributed by atoms with E-state index in [4.69, 9.17) is 9.97 Å². The van der Waals surface area contributed by atoms with Gasteiger partial charge in [-0.3, -0.25) is 9.52 Å². The van der Waals surface area contributed by atoms with Crippen molar-refractivity contribution in [3.05, 3.63) is 76.3 Å². The number of rotatable bonds is 5. The molecule has 2 aromatic carbocycles. The van der Waals surface area contributed by atoms with Crippen LogP contribution in [0, 0.1) is 6.92 Å². The Kier molecular flexibility index (Phi) is 5.32. The fourth-order valence-corrected chi connectivity index (χ4v) is 4.09. The summed E-state index contributed by atoms with van der Waals surface area (Å²) >= 11 is 0. The van der Waals surface area contributed by atoms with Gasteiger partial charge >= 0.3 is 0 Å². The summed E-state index contributed by atoms with van der Waals surface area (Å²) in [7, 11) is -3.34. The van der Waals surface area contributed by atoms with Crippen LogP contribution in [0.5, 0.6) is 0 Å². The Hall–Kier alpha value is -3.52. The zero-order valence-electron chi connectivity index (χ0n) is 17.4. The Morgan fingerprint density at radius 2 is 1.77 bits per heavy atom. The molecule has 2 heterocycles. The third-order valence-corrected chi connectivity index (χ3v) is 5.59. The van der Waals surface area contributed by atoms with E-state index in [1.165, 1.54) is 0 Å². The minimum absolute atomic E-state index is 0.172. The van der Waals surface area contributed by atoms with Gasteiger partial charge in [0, 0.05) is 28.6 Å². The molecule has 7 nitrogen and oxygen atoms in total. The van der Waals surface area contributed by atoms with E-state index < -0.39 is 10.0 Å². The van der Waals surface area contributed by atoms with Crippen molar-refractivity contribution in [1.29, 1.82) is 0 Å². The number of H-pyrrole nitrogens is 1. The van der Waals surface area contributed by atoms with Crippen LogP contribution in [0.1, 0.15) is 18.2 Å². The highest BCUT2D eigenvalue weighted by Gasteiger charge is 2.15. The van der Waals surface area contributed by atoms with E-state index >= 15 is 0 Å². The molecule has 0 fully saturated rings. The topological polar surface area (TPSA) is 105 Å². The molecule has 4 aromatic rings. The van der Waals surface area contributed by atoms with Crippen molar-refractivity contribution in [3.8, 4) is 22.4 Å². The van der Waals surface area contributed by atoms with E-state index in [9.17, 15) is 13.2 Å². The highest BCUT2D eigenvalue weighted by atomic mass is 32.2. The second kappa shape index (κ2) is 7.96. The molecule has 158 valence electrons. The standard InChI is InChI=1S/C23H22N4O3S/c1-4-15-12-19(18-6-5-11-24-23(18)28)22-20(13-15)26-21(14(2)25-22)16-7-9-17(10-8-16)27-31(3,29)30/h5-13,27H,4H2,1-3H3,(H,24,28). The molecule has 0 aliphatic heterocycles. The molecule has 2 N–H and O–H groups in total. The van der Waals surface area contributed by atoms with Crippen LogP contribution in [-0.4, -0.2) is 29.6 Å². The lowest BCUT2D eigenvalue weighted by molar-refractivity contribution is 0.607. The smallest absolute Gasteiger partial charge is 0.255 e. The highest BCUT2D eigenvalue weighted by molar-refractivity contribution is 7.92. The summed E-state index contributed by atoms with van der Waals surface area (Å²) in [6.45, 7) is 3.92. The first kappa shape index (κ1) is 20.7. The van der Waals surface area contributed by atoms with Crippen molar-refractivity contribution in [1.82, 2.24) is 15.0 Å². The van der Waals surface area contributed by atoms with Gasteiger partial charge in [-0.2, -0.15) is 0 Å². The zero-order chi connectivity index (χ0) is 22.2. The van der Waals surface area contributed by atoms with Crippen LogP contribution < -0.4 is 10.3 Å². The largest absolute Gasteiger partial charge is 0.329 e. The third kappa shape index (κ3) is 4.34. The van der Waals surface area contributed by atoms with Crippen molar-refractivity contribution in [2.24, 2.45) is 0 Å². The first-order valence-electron chi connectivity index (χ1n) is 9.83. The summed E-state index contributed by atoms with van der Waals surface area (Å²) in [5.41, 5.74) is 6.31. The van der Waals surface area contributed by atoms with Crippen LogP contribution in [-0.2, 0) is 16.4 Å². The Bertz CT molecular complexity index is 1440. The number of hydrogen-bond acceptors (Lipinski definition) is 5. The number of nitrogens with zero attached hydrogens (tertiary/aromatic N) is 2. The molecule has 8 heteroatoms. The van der Waals surface area contributed by atoms with E-state index in [-0.39, 0.29) is 5.56 Å². The number of anilines is 1. The number of aromatic nitrogens is 3. The molecule has 0 bridgehead atoms. The van der Waals surface area contributed by atoms with E-state index in [0.29, 0.717) is 33.7 Å². The fraction of sp³-hybridized carbons (Fsp3) is 0.174. The van der Waals surface area contributed by atoms with Gasteiger partial charge in [0.25, 0.3) is 5.56 Å². The van der Waals surface area contributed by atoms with Crippen molar-refractivity contribution < 1.29 is 8.42 Å². The van der Waals surface area contributed by atoms with Gasteiger partial charge in [0.1, 0.15) is 0 Å². The summed E-state index contributed by atoms with van der Waals surface area (Å²) in [6, 6.07) is 14.6. The average molecular weight is 435 g/mol. The molecule has 4 rings (SSSR count). The minimum atomic E-state index is -3.34. The molecule has 31 heavy (non-hydrogen) atoms. The zero-order valence-corrected chi connectivity index (χ0v) is 18.2. The number of benzene rings is 2. The Morgan fingerprint density at radius 3 is 2.42 bits per heavy atom. The van der Waals surface area contributed by atoms with Crippen molar-refractivity contribution >= 4 is 26.7 Å². The maximum Gasteiger partial charge on any atom is 0.255 e. The number of nitrogens with one attached hydrogen (secondary N) is 2. The van der Waals surface area contributed by atoms with Gasteiger partial charge in [0.15, 0.2) is 0 Å². The highest BCUT2D eigenvalue weighted by Crippen LogP contribution is 2.30. The lowest BCUT2D eigenvalue weighted by Crippen LogP contribution is -2.09. The molecule has 0 unspecified atom stereocenters. The number of hydrogen-bond donors (Lipinski definition) is 2. The van der Waals surface area contributed by atoms with Gasteiger partial charge < -0.3 is 4.98 Å². The molecule has 0 amide bonds. The molecule has 0 saturated heterocycles. The van der Waals surface area contributed by atoms with Crippen LogP contribution in [0.25, 0.3) is 33.4 Å². The van der Waals surface area contributed by atoms with E-state index in [1.807, 2.05) is 31.2 Å². The van der Waals surface area contributed by atoms with Crippen LogP contribution >= 0.6 is 0 Å². The van der Waals surface area contributed by atoms with Crippen molar-refractivity contribution in [2.75, 3.05) is 11.0 Å². The molecule has 0 spiro atoms. The Labute approximate surface area is 180 Å². The van der Waals surface area contributed by atoms with E-state index in [1.54, 1.807) is 30.5 Å². The number of aromatic amines is 1. The number of pyridine rings is 1. The van der Waals surface area contributed by atoms with Gasteiger partial charge in [-0.25, -0.2) is 18.4 Å². The van der Waals surface area contributed by atoms with Gasteiger partial charge in [-0.1, -0.05) is 19.1 Å². The average Bonchev–Trinajstić information content (AvgIpc) is 2.73. The third-order valence-electron chi connectivity index (χ3n) is 4.98. The van der Waals surface area contributed by atoms with Crippen LogP contribution in [0.2, 0.25) is 0 Å². The molecule has 2 aromatic heterocycles. The second-order valence-corrected chi connectivity index (χ2v) is 9.14. The van der Waals surface area contributed by atoms with Gasteiger partial charge in [0.05, 0.1) is 28.7 Å². The predicted octanol–water partition coefficient (Wildman–Crippen LogP) is 3.89. The maximum atomic E-state index is 12.4. The van der Waals surface area contributed by atoms with E-state index in [0.717, 1.165) is 29.4 Å². The summed E-state index contributed by atoms with van der Waals surface area (Å²) in [5, 5.41) is 0. The van der Waals surface area contributed by atoms with Crippen LogP contribution in [0.4, 0.5) is 5.69 Å². The first-order chi connectivity index (χ1) is 14.7. The summed E-state index contributed by atoms with van der Waals surface area (Å²) < 4.78 is 25.3. The molecule has 0 atom stereocenters. The maximum absolute atomic E-state index is 12.4. The van der Waals surface area contributed by atoms with Gasteiger partial charge in [-0.15, -0.1) is 0 Å². The first-order valence-corrected chi connectivity index (χ1v) is 11.7. The van der Waals surface area contributed by atoms with Crippen LogP contribution in [0.15, 0.2) is 59.5 Å². The van der Waals surface area contributed by atoms with Crippen molar-refractivity contribution in [3.63, 3.8) is 0 Å². The lowest BCUT2D eigenvalue weighted by atomic mass is 10.00. The quantitative estimate of drug-likeness (QED) is 0.496. The van der Waals surface area contributed by atoms with Gasteiger partial charge in [0.2, 0.25) is 10.0 Å². The molecule has 0 aliphatic carbocycles. The normalized spacial score (nSPS) is 11.6. The minimum Gasteiger partial charge on any atom is -0.329 e. The molecule has 0 aliphatic rings. The number of fused-ring (bicyclic) bond motifs is 1. The number of sulfonamides is 1. The number of aryl methyl sites for hydroxylation is 2. The fourth-order valence-electron chi connectivity index (χ4n) is 3.53. The molecule has 0 saturated carbocycles. The van der Waals surface area contributed by atoms with E-state index in [2.05, 4.69) is 16.6 Å². The molecular formula is C23H22N4O3S. The predicted molar refractivity (Wildman–Crippen MR) is 124 cm³/mol. The Balaban J connectivity index is 1.87. The summed E-state index contributed by atoms with van der Waals surface area (Å²) in [4.78, 5) is 24.8. The summed E-state index contributed by atoms with van der Waals surface area (Å²) in [5.74, 6) is 0.